The summed E-state index contributed by atoms with van der Waals surface area (Å²) in [4.78, 5) is 17.0. The number of aromatic nitrogens is 1. The van der Waals surface area contributed by atoms with E-state index in [0.29, 0.717) is 0 Å². The van der Waals surface area contributed by atoms with Crippen molar-refractivity contribution >= 4 is 17.3 Å². The molecule has 0 bridgehead atoms. The van der Waals surface area contributed by atoms with Crippen LogP contribution < -0.4 is 0 Å². The second kappa shape index (κ2) is 4.78. The molecular weight excluding hydrogens is 258 g/mol. The Morgan fingerprint density at radius 3 is 2.68 bits per heavy atom. The van der Waals surface area contributed by atoms with Gasteiger partial charge in [-0.2, -0.15) is 0 Å². The van der Waals surface area contributed by atoms with Gasteiger partial charge in [-0.15, -0.1) is 11.3 Å². The van der Waals surface area contributed by atoms with Crippen LogP contribution in [0.15, 0.2) is 24.3 Å². The molecule has 1 atom stereocenters. The Labute approximate surface area is 115 Å². The van der Waals surface area contributed by atoms with E-state index in [4.69, 9.17) is 5.11 Å². The van der Waals surface area contributed by atoms with Crippen LogP contribution in [0.4, 0.5) is 0 Å². The van der Waals surface area contributed by atoms with Crippen molar-refractivity contribution in [2.24, 2.45) is 0 Å². The molecular formula is C15H15NO2S. The average Bonchev–Trinajstić information content (AvgIpc) is 2.98. The molecule has 0 amide bonds. The SMILES string of the molecule is CC(C(=O)O)c1ccc(-c2nc3c(s2)CCC3)cc1. The Morgan fingerprint density at radius 2 is 2.05 bits per heavy atom. The van der Waals surface area contributed by atoms with Crippen LogP contribution in [0.1, 0.15) is 35.4 Å². The Kier molecular flexibility index (Phi) is 3.11. The van der Waals surface area contributed by atoms with Crippen LogP contribution in [0.25, 0.3) is 10.6 Å². The maximum Gasteiger partial charge on any atom is 0.310 e. The van der Waals surface area contributed by atoms with E-state index in [-0.39, 0.29) is 0 Å². The Morgan fingerprint density at radius 1 is 1.32 bits per heavy atom. The van der Waals surface area contributed by atoms with Crippen LogP contribution in [0.3, 0.4) is 0 Å². The summed E-state index contributed by atoms with van der Waals surface area (Å²) in [6.45, 7) is 1.70. The number of thiazole rings is 1. The zero-order chi connectivity index (χ0) is 13.4. The van der Waals surface area contributed by atoms with Crippen LogP contribution in [-0.4, -0.2) is 16.1 Å². The standard InChI is InChI=1S/C15H15NO2S/c1-9(15(17)18)10-5-7-11(8-6-10)14-16-12-3-2-4-13(12)19-14/h5-9H,2-4H2,1H3,(H,17,18). The Bertz CT molecular complexity index is 594. The number of rotatable bonds is 3. The number of aliphatic carboxylic acids is 1. The summed E-state index contributed by atoms with van der Waals surface area (Å²) < 4.78 is 0. The third-order valence-corrected chi connectivity index (χ3v) is 4.83. The molecule has 0 saturated carbocycles. The van der Waals surface area contributed by atoms with Crippen molar-refractivity contribution in [3.63, 3.8) is 0 Å². The monoisotopic (exact) mass is 273 g/mol. The fraction of sp³-hybridized carbons (Fsp3) is 0.333. The summed E-state index contributed by atoms with van der Waals surface area (Å²) in [5, 5.41) is 10.0. The fourth-order valence-corrected chi connectivity index (χ4v) is 3.53. The Hall–Kier alpha value is -1.68. The zero-order valence-corrected chi connectivity index (χ0v) is 11.5. The third-order valence-electron chi connectivity index (χ3n) is 3.62. The van der Waals surface area contributed by atoms with Crippen LogP contribution in [0.5, 0.6) is 0 Å². The van der Waals surface area contributed by atoms with E-state index >= 15 is 0 Å². The second-order valence-electron chi connectivity index (χ2n) is 4.92. The van der Waals surface area contributed by atoms with E-state index < -0.39 is 11.9 Å². The first-order chi connectivity index (χ1) is 9.15. The van der Waals surface area contributed by atoms with Gasteiger partial charge in [0.05, 0.1) is 11.6 Å². The largest absolute Gasteiger partial charge is 0.481 e. The number of hydrogen-bond acceptors (Lipinski definition) is 3. The molecule has 1 aromatic carbocycles. The van der Waals surface area contributed by atoms with E-state index in [1.54, 1.807) is 18.3 Å². The molecule has 0 spiro atoms. The summed E-state index contributed by atoms with van der Waals surface area (Å²) in [5.74, 6) is -1.25. The minimum atomic E-state index is -0.791. The predicted molar refractivity (Wildman–Crippen MR) is 75.6 cm³/mol. The van der Waals surface area contributed by atoms with E-state index in [1.165, 1.54) is 17.0 Å². The molecule has 1 aromatic heterocycles. The van der Waals surface area contributed by atoms with Crippen LogP contribution in [0.2, 0.25) is 0 Å². The molecule has 1 unspecified atom stereocenters. The van der Waals surface area contributed by atoms with Gasteiger partial charge in [0.15, 0.2) is 0 Å². The van der Waals surface area contributed by atoms with Gasteiger partial charge in [-0.05, 0) is 31.7 Å². The molecule has 0 saturated heterocycles. The number of carbonyl (C=O) groups is 1. The summed E-state index contributed by atoms with van der Waals surface area (Å²) in [6.07, 6.45) is 3.48. The van der Waals surface area contributed by atoms with E-state index in [0.717, 1.165) is 29.0 Å². The number of benzene rings is 1. The number of fused-ring (bicyclic) bond motifs is 1. The lowest BCUT2D eigenvalue weighted by atomic mass is 10.0. The topological polar surface area (TPSA) is 50.2 Å². The van der Waals surface area contributed by atoms with Crippen LogP contribution in [0, 0.1) is 0 Å². The molecule has 2 aromatic rings. The molecule has 4 heteroatoms. The van der Waals surface area contributed by atoms with Crippen LogP contribution >= 0.6 is 11.3 Å². The molecule has 98 valence electrons. The summed E-state index contributed by atoms with van der Waals surface area (Å²) in [5.41, 5.74) is 3.17. The molecule has 1 N–H and O–H groups in total. The van der Waals surface area contributed by atoms with Crippen molar-refractivity contribution in [1.29, 1.82) is 0 Å². The lowest BCUT2D eigenvalue weighted by molar-refractivity contribution is -0.138. The summed E-state index contributed by atoms with van der Waals surface area (Å²) >= 11 is 1.77. The first-order valence-corrected chi connectivity index (χ1v) is 7.28. The number of aryl methyl sites for hydroxylation is 2. The van der Waals surface area contributed by atoms with Gasteiger partial charge in [-0.3, -0.25) is 4.79 Å². The molecule has 1 heterocycles. The molecule has 1 aliphatic rings. The van der Waals surface area contributed by atoms with Crippen molar-refractivity contribution in [3.05, 3.63) is 40.4 Å². The molecule has 0 fully saturated rings. The van der Waals surface area contributed by atoms with Crippen LogP contribution in [-0.2, 0) is 17.6 Å². The highest BCUT2D eigenvalue weighted by Gasteiger charge is 2.18. The second-order valence-corrected chi connectivity index (χ2v) is 6.01. The molecule has 3 nitrogen and oxygen atoms in total. The van der Waals surface area contributed by atoms with Gasteiger partial charge in [-0.25, -0.2) is 4.98 Å². The fourth-order valence-electron chi connectivity index (χ4n) is 2.37. The van der Waals surface area contributed by atoms with Gasteiger partial charge in [0.2, 0.25) is 0 Å². The van der Waals surface area contributed by atoms with Crippen molar-refractivity contribution in [3.8, 4) is 10.6 Å². The molecule has 19 heavy (non-hydrogen) atoms. The highest BCUT2D eigenvalue weighted by Crippen LogP contribution is 2.33. The quantitative estimate of drug-likeness (QED) is 0.931. The third kappa shape index (κ3) is 2.28. The van der Waals surface area contributed by atoms with E-state index in [2.05, 4.69) is 4.98 Å². The maximum atomic E-state index is 10.9. The number of hydrogen-bond donors (Lipinski definition) is 1. The lowest BCUT2D eigenvalue weighted by Gasteiger charge is -2.06. The van der Waals surface area contributed by atoms with Crippen molar-refractivity contribution in [2.45, 2.75) is 32.1 Å². The van der Waals surface area contributed by atoms with Crippen molar-refractivity contribution < 1.29 is 9.90 Å². The van der Waals surface area contributed by atoms with Crippen molar-refractivity contribution in [2.75, 3.05) is 0 Å². The first-order valence-electron chi connectivity index (χ1n) is 6.47. The predicted octanol–water partition coefficient (Wildman–Crippen LogP) is 3.49. The number of carboxylic acids is 1. The minimum Gasteiger partial charge on any atom is -0.481 e. The zero-order valence-electron chi connectivity index (χ0n) is 10.7. The maximum absolute atomic E-state index is 10.9. The Balaban J connectivity index is 1.87. The minimum absolute atomic E-state index is 0.463. The van der Waals surface area contributed by atoms with E-state index in [9.17, 15) is 4.79 Å². The molecule has 0 radical (unpaired) electrons. The van der Waals surface area contributed by atoms with Gasteiger partial charge >= 0.3 is 5.97 Å². The van der Waals surface area contributed by atoms with Gasteiger partial charge in [-0.1, -0.05) is 24.3 Å². The molecule has 3 rings (SSSR count). The first kappa shape index (κ1) is 12.4. The number of carboxylic acid groups (broad SMARTS) is 1. The van der Waals surface area contributed by atoms with Gasteiger partial charge in [0, 0.05) is 10.4 Å². The lowest BCUT2D eigenvalue weighted by Crippen LogP contribution is -2.06. The molecule has 0 aliphatic heterocycles. The van der Waals surface area contributed by atoms with Gasteiger partial charge in [0.1, 0.15) is 5.01 Å². The molecule has 1 aliphatic carbocycles. The summed E-state index contributed by atoms with van der Waals surface area (Å²) in [6, 6.07) is 7.73. The number of nitrogens with zero attached hydrogens (tertiary/aromatic N) is 1. The smallest absolute Gasteiger partial charge is 0.310 e. The highest BCUT2D eigenvalue weighted by atomic mass is 32.1. The normalized spacial score (nSPS) is 15.2. The highest BCUT2D eigenvalue weighted by molar-refractivity contribution is 7.15. The summed E-state index contributed by atoms with van der Waals surface area (Å²) in [7, 11) is 0. The van der Waals surface area contributed by atoms with E-state index in [1.807, 2.05) is 24.3 Å². The van der Waals surface area contributed by atoms with Gasteiger partial charge < -0.3 is 5.11 Å². The average molecular weight is 273 g/mol. The van der Waals surface area contributed by atoms with Gasteiger partial charge in [0.25, 0.3) is 0 Å². The van der Waals surface area contributed by atoms with Crippen molar-refractivity contribution in [1.82, 2.24) is 4.98 Å².